The molecule has 0 bridgehead atoms. The van der Waals surface area contributed by atoms with Crippen molar-refractivity contribution in [2.45, 2.75) is 33.2 Å². The van der Waals surface area contributed by atoms with Crippen LogP contribution in [-0.2, 0) is 4.79 Å². The Balaban J connectivity index is 2.73. The molecular formula is C14H19BrN2O3. The summed E-state index contributed by atoms with van der Waals surface area (Å²) in [6.07, 6.45) is 0.213. The Hall–Kier alpha value is -1.56. The molecule has 0 fully saturated rings. The van der Waals surface area contributed by atoms with Gasteiger partial charge in [-0.2, -0.15) is 0 Å². The van der Waals surface area contributed by atoms with Crippen LogP contribution in [0.3, 0.4) is 0 Å². The van der Waals surface area contributed by atoms with Crippen molar-refractivity contribution in [3.63, 3.8) is 0 Å². The first-order valence-electron chi connectivity index (χ1n) is 6.33. The highest BCUT2D eigenvalue weighted by atomic mass is 79.9. The smallest absolute Gasteiger partial charge is 0.223 e. The van der Waals surface area contributed by atoms with Crippen molar-refractivity contribution < 1.29 is 14.3 Å². The predicted octanol–water partition coefficient (Wildman–Crippen LogP) is 2.53. The lowest BCUT2D eigenvalue weighted by molar-refractivity contribution is -0.122. The van der Waals surface area contributed by atoms with E-state index in [1.807, 2.05) is 13.8 Å². The molecule has 0 unspecified atom stereocenters. The number of ether oxygens (including phenoxy) is 1. The van der Waals surface area contributed by atoms with Gasteiger partial charge in [-0.05, 0) is 32.9 Å². The maximum atomic E-state index is 11.6. The van der Waals surface area contributed by atoms with Gasteiger partial charge >= 0.3 is 0 Å². The molecule has 0 radical (unpaired) electrons. The third-order valence-electron chi connectivity index (χ3n) is 2.49. The number of ketones is 1. The Morgan fingerprint density at radius 3 is 2.60 bits per heavy atom. The first kappa shape index (κ1) is 16.5. The zero-order chi connectivity index (χ0) is 15.3. The molecule has 0 saturated carbocycles. The number of nitrogens with two attached hydrogens (primary N) is 1. The van der Waals surface area contributed by atoms with E-state index in [4.69, 9.17) is 10.5 Å². The molecule has 1 aromatic carbocycles. The number of amides is 1. The van der Waals surface area contributed by atoms with E-state index in [0.717, 1.165) is 0 Å². The van der Waals surface area contributed by atoms with Crippen molar-refractivity contribution in [1.29, 1.82) is 0 Å². The zero-order valence-electron chi connectivity index (χ0n) is 11.8. The molecule has 0 atom stereocenters. The molecule has 0 aliphatic carbocycles. The highest BCUT2D eigenvalue weighted by Crippen LogP contribution is 2.31. The Kier molecular flexibility index (Phi) is 6.01. The fraction of sp³-hybridized carbons (Fsp3) is 0.429. The van der Waals surface area contributed by atoms with Gasteiger partial charge in [0.1, 0.15) is 0 Å². The van der Waals surface area contributed by atoms with Crippen LogP contribution in [0.2, 0.25) is 0 Å². The maximum absolute atomic E-state index is 11.6. The second kappa shape index (κ2) is 7.28. The summed E-state index contributed by atoms with van der Waals surface area (Å²) in [4.78, 5) is 23.1. The van der Waals surface area contributed by atoms with E-state index >= 15 is 0 Å². The monoisotopic (exact) mass is 342 g/mol. The van der Waals surface area contributed by atoms with Crippen molar-refractivity contribution >= 4 is 33.3 Å². The van der Waals surface area contributed by atoms with E-state index in [2.05, 4.69) is 21.2 Å². The van der Waals surface area contributed by atoms with E-state index < -0.39 is 0 Å². The molecular weight excluding hydrogens is 324 g/mol. The topological polar surface area (TPSA) is 81.4 Å². The van der Waals surface area contributed by atoms with Crippen molar-refractivity contribution in [3.05, 3.63) is 22.2 Å². The first-order valence-corrected chi connectivity index (χ1v) is 7.12. The fourth-order valence-corrected chi connectivity index (χ4v) is 2.15. The van der Waals surface area contributed by atoms with Crippen LogP contribution < -0.4 is 15.8 Å². The summed E-state index contributed by atoms with van der Waals surface area (Å²) in [5, 5.41) is 2.77. The summed E-state index contributed by atoms with van der Waals surface area (Å²) in [6, 6.07) is 3.41. The summed E-state index contributed by atoms with van der Waals surface area (Å²) in [5.41, 5.74) is 6.62. The number of nitrogens with one attached hydrogen (secondary N) is 1. The molecule has 20 heavy (non-hydrogen) atoms. The minimum atomic E-state index is -0.139. The third-order valence-corrected chi connectivity index (χ3v) is 2.94. The standard InChI is InChI=1S/C14H19BrN2O3/c1-8(2)17-13(19)4-5-20-14-11(9(3)18)6-10(15)7-12(14)16/h6-8H,4-5,16H2,1-3H3,(H,17,19). The van der Waals surface area contributed by atoms with Crippen LogP contribution in [0.4, 0.5) is 5.69 Å². The van der Waals surface area contributed by atoms with Crippen molar-refractivity contribution in [2.75, 3.05) is 12.3 Å². The number of Topliss-reactive ketones (excluding diaryl/α,β-unsaturated/α-hetero) is 1. The Labute approximate surface area is 127 Å². The highest BCUT2D eigenvalue weighted by Gasteiger charge is 2.14. The van der Waals surface area contributed by atoms with Gasteiger partial charge in [-0.1, -0.05) is 15.9 Å². The molecule has 0 saturated heterocycles. The molecule has 1 aromatic rings. The number of nitrogen functional groups attached to an aromatic ring is 1. The number of hydrogen-bond donors (Lipinski definition) is 2. The van der Waals surface area contributed by atoms with Crippen LogP contribution in [0, 0.1) is 0 Å². The van der Waals surface area contributed by atoms with E-state index in [1.165, 1.54) is 6.92 Å². The SMILES string of the molecule is CC(=O)c1cc(Br)cc(N)c1OCCC(=O)NC(C)C. The minimum Gasteiger partial charge on any atom is -0.490 e. The summed E-state index contributed by atoms with van der Waals surface area (Å²) < 4.78 is 6.22. The van der Waals surface area contributed by atoms with Crippen LogP contribution in [0.5, 0.6) is 5.75 Å². The molecule has 110 valence electrons. The lowest BCUT2D eigenvalue weighted by Gasteiger charge is -2.13. The normalized spacial score (nSPS) is 10.4. The van der Waals surface area contributed by atoms with Crippen LogP contribution >= 0.6 is 15.9 Å². The number of anilines is 1. The van der Waals surface area contributed by atoms with Crippen molar-refractivity contribution in [3.8, 4) is 5.75 Å². The van der Waals surface area contributed by atoms with Gasteiger partial charge in [0.05, 0.1) is 24.3 Å². The average molecular weight is 343 g/mol. The first-order chi connectivity index (χ1) is 9.31. The number of hydrogen-bond acceptors (Lipinski definition) is 4. The molecule has 1 amide bonds. The average Bonchev–Trinajstić information content (AvgIpc) is 2.30. The predicted molar refractivity (Wildman–Crippen MR) is 81.9 cm³/mol. The zero-order valence-corrected chi connectivity index (χ0v) is 13.4. The van der Waals surface area contributed by atoms with Crippen LogP contribution in [0.15, 0.2) is 16.6 Å². The summed E-state index contributed by atoms with van der Waals surface area (Å²) in [5.74, 6) is 0.0951. The van der Waals surface area contributed by atoms with Gasteiger partial charge in [-0.25, -0.2) is 0 Å². The molecule has 0 heterocycles. The van der Waals surface area contributed by atoms with E-state index in [1.54, 1.807) is 12.1 Å². The molecule has 3 N–H and O–H groups in total. The number of halogens is 1. The van der Waals surface area contributed by atoms with Crippen LogP contribution in [0.1, 0.15) is 37.6 Å². The lowest BCUT2D eigenvalue weighted by atomic mass is 10.1. The highest BCUT2D eigenvalue weighted by molar-refractivity contribution is 9.10. The van der Waals surface area contributed by atoms with Crippen molar-refractivity contribution in [1.82, 2.24) is 5.32 Å². The number of rotatable bonds is 6. The largest absolute Gasteiger partial charge is 0.490 e. The molecule has 1 rings (SSSR count). The van der Waals surface area contributed by atoms with Crippen molar-refractivity contribution in [2.24, 2.45) is 0 Å². The second-order valence-corrected chi connectivity index (χ2v) is 5.66. The summed E-state index contributed by atoms with van der Waals surface area (Å²) in [6.45, 7) is 5.39. The number of carbonyl (C=O) groups is 2. The van der Waals surface area contributed by atoms with Gasteiger partial charge in [0, 0.05) is 10.5 Å². The van der Waals surface area contributed by atoms with E-state index in [-0.39, 0.29) is 30.8 Å². The molecule has 0 aliphatic heterocycles. The molecule has 0 aliphatic rings. The van der Waals surface area contributed by atoms with Gasteiger partial charge in [-0.3, -0.25) is 9.59 Å². The van der Waals surface area contributed by atoms with Gasteiger partial charge < -0.3 is 15.8 Å². The van der Waals surface area contributed by atoms with Crippen LogP contribution in [0.25, 0.3) is 0 Å². The van der Waals surface area contributed by atoms with Crippen LogP contribution in [-0.4, -0.2) is 24.3 Å². The Morgan fingerprint density at radius 1 is 1.40 bits per heavy atom. The molecule has 0 aromatic heterocycles. The van der Waals surface area contributed by atoms with Gasteiger partial charge in [0.2, 0.25) is 5.91 Å². The van der Waals surface area contributed by atoms with Gasteiger partial charge in [0.15, 0.2) is 11.5 Å². The number of carbonyl (C=O) groups excluding carboxylic acids is 2. The van der Waals surface area contributed by atoms with E-state index in [0.29, 0.717) is 21.5 Å². The Morgan fingerprint density at radius 2 is 2.05 bits per heavy atom. The molecule has 6 heteroatoms. The Bertz CT molecular complexity index is 515. The van der Waals surface area contributed by atoms with Gasteiger partial charge in [-0.15, -0.1) is 0 Å². The number of benzene rings is 1. The molecule has 5 nitrogen and oxygen atoms in total. The fourth-order valence-electron chi connectivity index (χ4n) is 1.68. The lowest BCUT2D eigenvalue weighted by Crippen LogP contribution is -2.31. The third kappa shape index (κ3) is 4.85. The van der Waals surface area contributed by atoms with E-state index in [9.17, 15) is 9.59 Å². The second-order valence-electron chi connectivity index (χ2n) is 4.75. The minimum absolute atomic E-state index is 0.0908. The summed E-state index contributed by atoms with van der Waals surface area (Å²) >= 11 is 3.28. The summed E-state index contributed by atoms with van der Waals surface area (Å²) in [7, 11) is 0. The maximum Gasteiger partial charge on any atom is 0.223 e. The van der Waals surface area contributed by atoms with Gasteiger partial charge in [0.25, 0.3) is 0 Å². The molecule has 0 spiro atoms. The quantitative estimate of drug-likeness (QED) is 0.614.